The van der Waals surface area contributed by atoms with Crippen molar-refractivity contribution in [1.82, 2.24) is 10.1 Å². The summed E-state index contributed by atoms with van der Waals surface area (Å²) in [6.07, 6.45) is 2.02. The van der Waals surface area contributed by atoms with Crippen molar-refractivity contribution in [1.29, 1.82) is 0 Å². The minimum Gasteiger partial charge on any atom is -0.489 e. The second kappa shape index (κ2) is 9.12. The molecule has 9 heteroatoms. The highest BCUT2D eigenvalue weighted by Gasteiger charge is 2.23. The number of hydrogen-bond acceptors (Lipinski definition) is 7. The van der Waals surface area contributed by atoms with E-state index in [0.717, 1.165) is 30.8 Å². The standard InChI is InChI=1S/C25H24ClN3O5/c1-13-9-18(15(3)33-13)20-11-19(23-14(2)29-34-25(23)28-20)24(30)27-21-10-16(26)6-7-22(21)32-12-17-5-4-8-31-17/h6-7,9-11,17H,4-5,8,12H2,1-3H3,(H,27,30). The normalized spacial score (nSPS) is 15.7. The molecule has 1 amide bonds. The molecule has 8 nitrogen and oxygen atoms in total. The van der Waals surface area contributed by atoms with Gasteiger partial charge in [0.05, 0.1) is 34.1 Å². The Morgan fingerprint density at radius 1 is 1.24 bits per heavy atom. The van der Waals surface area contributed by atoms with Crippen molar-refractivity contribution < 1.29 is 23.2 Å². The number of halogens is 1. The predicted molar refractivity (Wildman–Crippen MR) is 128 cm³/mol. The van der Waals surface area contributed by atoms with Gasteiger partial charge in [-0.3, -0.25) is 4.79 Å². The number of fused-ring (bicyclic) bond motifs is 1. The van der Waals surface area contributed by atoms with Crippen molar-refractivity contribution in [2.75, 3.05) is 18.5 Å². The fraction of sp³-hybridized carbons (Fsp3) is 0.320. The van der Waals surface area contributed by atoms with E-state index in [1.807, 2.05) is 19.9 Å². The molecule has 1 aromatic carbocycles. The van der Waals surface area contributed by atoms with E-state index in [1.165, 1.54) is 0 Å². The number of aromatic nitrogens is 2. The number of nitrogens with zero attached hydrogens (tertiary/aromatic N) is 2. The molecule has 176 valence electrons. The summed E-state index contributed by atoms with van der Waals surface area (Å²) in [6.45, 7) is 6.62. The van der Waals surface area contributed by atoms with E-state index in [0.29, 0.717) is 51.2 Å². The molecule has 5 rings (SSSR count). The summed E-state index contributed by atoms with van der Waals surface area (Å²) in [7, 11) is 0. The fourth-order valence-electron chi connectivity index (χ4n) is 4.17. The first kappa shape index (κ1) is 22.4. The summed E-state index contributed by atoms with van der Waals surface area (Å²) in [5.41, 5.74) is 3.03. The average Bonchev–Trinajstić information content (AvgIpc) is 3.53. The van der Waals surface area contributed by atoms with E-state index in [2.05, 4.69) is 15.5 Å². The number of ether oxygens (including phenoxy) is 2. The van der Waals surface area contributed by atoms with Crippen LogP contribution in [-0.2, 0) is 4.74 Å². The average molecular weight is 482 g/mol. The molecule has 4 aromatic rings. The number of rotatable bonds is 6. The van der Waals surface area contributed by atoms with Crippen LogP contribution in [0.1, 0.15) is 40.4 Å². The van der Waals surface area contributed by atoms with E-state index in [-0.39, 0.29) is 17.7 Å². The van der Waals surface area contributed by atoms with E-state index in [4.69, 9.17) is 30.0 Å². The number of nitrogens with one attached hydrogen (secondary N) is 1. The molecule has 0 saturated carbocycles. The predicted octanol–water partition coefficient (Wildman–Crippen LogP) is 5.87. The zero-order chi connectivity index (χ0) is 23.8. The van der Waals surface area contributed by atoms with Gasteiger partial charge in [0.25, 0.3) is 11.6 Å². The molecule has 0 bridgehead atoms. The van der Waals surface area contributed by atoms with Crippen molar-refractivity contribution >= 4 is 34.3 Å². The summed E-state index contributed by atoms with van der Waals surface area (Å²) < 4.78 is 22.7. The maximum absolute atomic E-state index is 13.5. The first-order valence-corrected chi connectivity index (χ1v) is 11.5. The van der Waals surface area contributed by atoms with Gasteiger partial charge in [0, 0.05) is 17.2 Å². The molecule has 1 saturated heterocycles. The van der Waals surface area contributed by atoms with Crippen molar-refractivity contribution in [3.63, 3.8) is 0 Å². The molecular formula is C25H24ClN3O5. The summed E-state index contributed by atoms with van der Waals surface area (Å²) >= 11 is 6.22. The number of aryl methyl sites for hydroxylation is 3. The molecule has 3 aromatic heterocycles. The lowest BCUT2D eigenvalue weighted by molar-refractivity contribution is 0.0682. The number of anilines is 1. The Bertz CT molecular complexity index is 1370. The molecule has 1 aliphatic rings. The maximum Gasteiger partial charge on any atom is 0.259 e. The molecule has 34 heavy (non-hydrogen) atoms. The van der Waals surface area contributed by atoms with E-state index >= 15 is 0 Å². The zero-order valence-electron chi connectivity index (χ0n) is 19.1. The minimum atomic E-state index is -0.359. The Labute approximate surface area is 201 Å². The lowest BCUT2D eigenvalue weighted by atomic mass is 10.1. The number of furan rings is 1. The first-order chi connectivity index (χ1) is 16.4. The number of hydrogen-bond donors (Lipinski definition) is 1. The molecule has 4 heterocycles. The van der Waals surface area contributed by atoms with Crippen LogP contribution in [-0.4, -0.2) is 35.4 Å². The van der Waals surface area contributed by atoms with Crippen molar-refractivity contribution in [2.24, 2.45) is 0 Å². The van der Waals surface area contributed by atoms with Gasteiger partial charge in [-0.25, -0.2) is 4.98 Å². The van der Waals surface area contributed by atoms with Gasteiger partial charge in [-0.15, -0.1) is 0 Å². The zero-order valence-corrected chi connectivity index (χ0v) is 19.9. The van der Waals surface area contributed by atoms with Crippen molar-refractivity contribution in [3.05, 3.63) is 58.1 Å². The third-order valence-corrected chi connectivity index (χ3v) is 6.05. The van der Waals surface area contributed by atoms with Gasteiger partial charge in [0.15, 0.2) is 0 Å². The summed E-state index contributed by atoms with van der Waals surface area (Å²) in [5, 5.41) is 7.98. The van der Waals surface area contributed by atoms with Gasteiger partial charge in [0.2, 0.25) is 0 Å². The number of benzene rings is 1. The van der Waals surface area contributed by atoms with Crippen LogP contribution in [0.5, 0.6) is 5.75 Å². The Hall–Kier alpha value is -3.36. The molecule has 1 aliphatic heterocycles. The van der Waals surface area contributed by atoms with Gasteiger partial charge in [-0.1, -0.05) is 16.8 Å². The van der Waals surface area contributed by atoms with Crippen LogP contribution in [0.2, 0.25) is 5.02 Å². The molecule has 1 fully saturated rings. The van der Waals surface area contributed by atoms with Crippen LogP contribution in [0.4, 0.5) is 5.69 Å². The monoisotopic (exact) mass is 481 g/mol. The quantitative estimate of drug-likeness (QED) is 0.367. The molecule has 1 N–H and O–H groups in total. The highest BCUT2D eigenvalue weighted by Crippen LogP contribution is 2.33. The second-order valence-corrected chi connectivity index (χ2v) is 8.81. The SMILES string of the molecule is Cc1cc(-c2cc(C(=O)Nc3cc(Cl)ccc3OCC3CCCO3)c3c(C)noc3n2)c(C)o1. The number of amides is 1. The second-order valence-electron chi connectivity index (χ2n) is 8.37. The van der Waals surface area contributed by atoms with Crippen LogP contribution in [0, 0.1) is 20.8 Å². The summed E-state index contributed by atoms with van der Waals surface area (Å²) in [5.74, 6) is 1.61. The largest absolute Gasteiger partial charge is 0.489 e. The van der Waals surface area contributed by atoms with Gasteiger partial charge in [-0.2, -0.15) is 0 Å². The molecule has 0 spiro atoms. The molecule has 1 atom stereocenters. The van der Waals surface area contributed by atoms with Crippen molar-refractivity contribution in [3.8, 4) is 17.0 Å². The van der Waals surface area contributed by atoms with E-state index in [9.17, 15) is 4.79 Å². The van der Waals surface area contributed by atoms with Crippen LogP contribution in [0.15, 0.2) is 39.3 Å². The topological polar surface area (TPSA) is 99.6 Å². The van der Waals surface area contributed by atoms with Gasteiger partial charge >= 0.3 is 0 Å². The van der Waals surface area contributed by atoms with Gasteiger partial charge in [0.1, 0.15) is 23.9 Å². The maximum atomic E-state index is 13.5. The Morgan fingerprint density at radius 3 is 2.82 bits per heavy atom. The van der Waals surface area contributed by atoms with E-state index < -0.39 is 0 Å². The fourth-order valence-corrected chi connectivity index (χ4v) is 4.34. The minimum absolute atomic E-state index is 0.0444. The Morgan fingerprint density at radius 2 is 2.09 bits per heavy atom. The third-order valence-electron chi connectivity index (χ3n) is 5.82. The van der Waals surface area contributed by atoms with Gasteiger partial charge in [-0.05, 0) is 63.9 Å². The lowest BCUT2D eigenvalue weighted by Crippen LogP contribution is -2.18. The Kier molecular flexibility index (Phi) is 6.02. The number of pyridine rings is 1. The van der Waals surface area contributed by atoms with Crippen molar-refractivity contribution in [2.45, 2.75) is 39.7 Å². The summed E-state index contributed by atoms with van der Waals surface area (Å²) in [4.78, 5) is 18.1. The van der Waals surface area contributed by atoms with Gasteiger partial charge < -0.3 is 23.7 Å². The van der Waals surface area contributed by atoms with Crippen LogP contribution < -0.4 is 10.1 Å². The highest BCUT2D eigenvalue weighted by atomic mass is 35.5. The van der Waals surface area contributed by atoms with Crippen LogP contribution in [0.3, 0.4) is 0 Å². The molecule has 0 aliphatic carbocycles. The van der Waals surface area contributed by atoms with Crippen LogP contribution in [0.25, 0.3) is 22.4 Å². The van der Waals surface area contributed by atoms with E-state index in [1.54, 1.807) is 31.2 Å². The summed E-state index contributed by atoms with van der Waals surface area (Å²) in [6, 6.07) is 8.72. The highest BCUT2D eigenvalue weighted by molar-refractivity contribution is 6.31. The number of carbonyl (C=O) groups excluding carboxylic acids is 1. The van der Waals surface area contributed by atoms with Crippen LogP contribution >= 0.6 is 11.6 Å². The Balaban J connectivity index is 1.50. The smallest absolute Gasteiger partial charge is 0.259 e. The number of carbonyl (C=O) groups is 1. The molecule has 1 unspecified atom stereocenters. The molecule has 0 radical (unpaired) electrons. The lowest BCUT2D eigenvalue weighted by Gasteiger charge is -2.16. The molecular weight excluding hydrogens is 458 g/mol. The third kappa shape index (κ3) is 4.38. The first-order valence-electron chi connectivity index (χ1n) is 11.1.